The van der Waals surface area contributed by atoms with Gasteiger partial charge in [-0.3, -0.25) is 4.79 Å². The lowest BCUT2D eigenvalue weighted by Gasteiger charge is -2.28. The van der Waals surface area contributed by atoms with Gasteiger partial charge >= 0.3 is 0 Å². The summed E-state index contributed by atoms with van der Waals surface area (Å²) in [6.07, 6.45) is 0.769. The number of halogens is 1. The fraction of sp³-hybridized carbons (Fsp3) is 0.316. The summed E-state index contributed by atoms with van der Waals surface area (Å²) in [5.41, 5.74) is 3.34. The molecule has 1 aliphatic rings. The van der Waals surface area contributed by atoms with Crippen LogP contribution in [0.15, 0.2) is 36.4 Å². The number of nitrogens with one attached hydrogen (secondary N) is 1. The number of hydrogen-bond donors (Lipinski definition) is 1. The summed E-state index contributed by atoms with van der Waals surface area (Å²) in [4.78, 5) is 12.3. The Hall–Kier alpha value is -1.76. The van der Waals surface area contributed by atoms with Crippen LogP contribution in [0.4, 0.5) is 0 Å². The molecule has 0 radical (unpaired) electrons. The second-order valence-corrected chi connectivity index (χ2v) is 7.25. The molecule has 2 aromatic rings. The minimum absolute atomic E-state index is 0.0120. The minimum atomic E-state index is -0.120. The number of ether oxygens (including phenoxy) is 2. The molecular weight excluding hydrogens is 417 g/mol. The number of benzene rings is 2. The number of rotatable bonds is 4. The van der Waals surface area contributed by atoms with Gasteiger partial charge in [0.05, 0.1) is 12.6 Å². The summed E-state index contributed by atoms with van der Waals surface area (Å²) < 4.78 is 12.5. The number of amides is 1. The molecule has 1 unspecified atom stereocenters. The lowest BCUT2D eigenvalue weighted by Crippen LogP contribution is -2.35. The third-order valence-electron chi connectivity index (χ3n) is 3.99. The average Bonchev–Trinajstić information content (AvgIpc) is 2.55. The van der Waals surface area contributed by atoms with Crippen LogP contribution in [-0.2, 0) is 4.79 Å². The van der Waals surface area contributed by atoms with E-state index in [-0.39, 0.29) is 18.6 Å². The maximum atomic E-state index is 12.3. The highest BCUT2D eigenvalue weighted by molar-refractivity contribution is 14.1. The SMILES string of the molecule is Cc1cc(C)c2c(c1)C(NC(=O)COc1ccc(I)cc1)CCO2. The van der Waals surface area contributed by atoms with Crippen molar-refractivity contribution < 1.29 is 14.3 Å². The van der Waals surface area contributed by atoms with E-state index in [4.69, 9.17) is 9.47 Å². The molecule has 3 rings (SSSR count). The molecule has 1 heterocycles. The smallest absolute Gasteiger partial charge is 0.258 e. The Bertz CT molecular complexity index is 743. The first-order valence-corrected chi connectivity index (χ1v) is 9.02. The van der Waals surface area contributed by atoms with Crippen LogP contribution in [0.25, 0.3) is 0 Å². The lowest BCUT2D eigenvalue weighted by atomic mass is 9.95. The molecule has 0 aromatic heterocycles. The van der Waals surface area contributed by atoms with E-state index >= 15 is 0 Å². The molecule has 0 spiro atoms. The molecule has 2 aromatic carbocycles. The summed E-state index contributed by atoms with van der Waals surface area (Å²) in [6, 6.07) is 11.8. The quantitative estimate of drug-likeness (QED) is 0.738. The van der Waals surface area contributed by atoms with Gasteiger partial charge < -0.3 is 14.8 Å². The standard InChI is InChI=1S/C19H20INO3/c1-12-9-13(2)19-16(10-12)17(7-8-23-19)21-18(22)11-24-15-5-3-14(20)4-6-15/h3-6,9-10,17H,7-8,11H2,1-2H3,(H,21,22). The zero-order valence-corrected chi connectivity index (χ0v) is 15.9. The van der Waals surface area contributed by atoms with E-state index in [1.807, 2.05) is 31.2 Å². The normalized spacial score (nSPS) is 16.0. The van der Waals surface area contributed by atoms with E-state index in [1.54, 1.807) is 0 Å². The Labute approximate surface area is 155 Å². The molecular formula is C19H20INO3. The Morgan fingerprint density at radius 3 is 2.79 bits per heavy atom. The second kappa shape index (κ2) is 7.42. The van der Waals surface area contributed by atoms with Gasteiger partial charge in [-0.15, -0.1) is 0 Å². The van der Waals surface area contributed by atoms with Crippen molar-refractivity contribution in [1.29, 1.82) is 0 Å². The third-order valence-corrected chi connectivity index (χ3v) is 4.71. The van der Waals surface area contributed by atoms with Crippen molar-refractivity contribution in [2.24, 2.45) is 0 Å². The highest BCUT2D eigenvalue weighted by Crippen LogP contribution is 2.35. The lowest BCUT2D eigenvalue weighted by molar-refractivity contribution is -0.124. The van der Waals surface area contributed by atoms with Gasteiger partial charge in [-0.1, -0.05) is 17.7 Å². The van der Waals surface area contributed by atoms with Gasteiger partial charge in [-0.25, -0.2) is 0 Å². The van der Waals surface area contributed by atoms with Gasteiger partial charge in [0.15, 0.2) is 6.61 Å². The molecule has 5 heteroatoms. The summed E-state index contributed by atoms with van der Waals surface area (Å²) in [7, 11) is 0. The first-order chi connectivity index (χ1) is 11.5. The topological polar surface area (TPSA) is 47.6 Å². The minimum Gasteiger partial charge on any atom is -0.493 e. The largest absolute Gasteiger partial charge is 0.493 e. The predicted molar refractivity (Wildman–Crippen MR) is 102 cm³/mol. The van der Waals surface area contributed by atoms with Crippen LogP contribution in [-0.4, -0.2) is 19.1 Å². The number of carbonyl (C=O) groups excluding carboxylic acids is 1. The highest BCUT2D eigenvalue weighted by atomic mass is 127. The van der Waals surface area contributed by atoms with Gasteiger partial charge in [-0.2, -0.15) is 0 Å². The predicted octanol–water partition coefficient (Wildman–Crippen LogP) is 3.93. The van der Waals surface area contributed by atoms with Crippen LogP contribution >= 0.6 is 22.6 Å². The molecule has 0 bridgehead atoms. The zero-order valence-electron chi connectivity index (χ0n) is 13.8. The number of hydrogen-bond acceptors (Lipinski definition) is 3. The number of fused-ring (bicyclic) bond motifs is 1. The molecule has 0 aliphatic carbocycles. The van der Waals surface area contributed by atoms with Crippen LogP contribution in [0.1, 0.15) is 29.2 Å². The van der Waals surface area contributed by atoms with Gasteiger partial charge in [0, 0.05) is 15.6 Å². The first-order valence-electron chi connectivity index (χ1n) is 7.94. The molecule has 0 saturated carbocycles. The van der Waals surface area contributed by atoms with Crippen molar-refractivity contribution in [2.75, 3.05) is 13.2 Å². The van der Waals surface area contributed by atoms with Crippen molar-refractivity contribution >= 4 is 28.5 Å². The van der Waals surface area contributed by atoms with E-state index < -0.39 is 0 Å². The molecule has 1 aliphatic heterocycles. The monoisotopic (exact) mass is 437 g/mol. The number of carbonyl (C=O) groups is 1. The van der Waals surface area contributed by atoms with E-state index in [0.29, 0.717) is 12.4 Å². The summed E-state index contributed by atoms with van der Waals surface area (Å²) in [5, 5.41) is 3.07. The van der Waals surface area contributed by atoms with Gasteiger partial charge in [0.25, 0.3) is 5.91 Å². The van der Waals surface area contributed by atoms with Crippen LogP contribution in [0.2, 0.25) is 0 Å². The maximum absolute atomic E-state index is 12.3. The molecule has 24 heavy (non-hydrogen) atoms. The Morgan fingerprint density at radius 2 is 2.04 bits per heavy atom. The van der Waals surface area contributed by atoms with Crippen LogP contribution in [0.3, 0.4) is 0 Å². The van der Waals surface area contributed by atoms with Gasteiger partial charge in [0.2, 0.25) is 0 Å². The fourth-order valence-corrected chi connectivity index (χ4v) is 3.30. The van der Waals surface area contributed by atoms with Crippen LogP contribution in [0, 0.1) is 17.4 Å². The fourth-order valence-electron chi connectivity index (χ4n) is 2.94. The second-order valence-electron chi connectivity index (χ2n) is 6.00. The molecule has 1 N–H and O–H groups in total. The molecule has 1 atom stereocenters. The molecule has 0 fully saturated rings. The Kier molecular flexibility index (Phi) is 5.28. The summed E-state index contributed by atoms with van der Waals surface area (Å²) in [5.74, 6) is 1.48. The molecule has 0 saturated heterocycles. The van der Waals surface area contributed by atoms with E-state index in [2.05, 4.69) is 47.0 Å². The van der Waals surface area contributed by atoms with Gasteiger partial charge in [-0.05, 0) is 66.3 Å². The maximum Gasteiger partial charge on any atom is 0.258 e. The van der Waals surface area contributed by atoms with E-state index in [1.165, 1.54) is 5.56 Å². The molecule has 1 amide bonds. The van der Waals surface area contributed by atoms with Crippen molar-refractivity contribution in [3.63, 3.8) is 0 Å². The zero-order chi connectivity index (χ0) is 17.1. The third kappa shape index (κ3) is 4.01. The highest BCUT2D eigenvalue weighted by Gasteiger charge is 2.24. The Balaban J connectivity index is 1.64. The van der Waals surface area contributed by atoms with Crippen LogP contribution in [0.5, 0.6) is 11.5 Å². The van der Waals surface area contributed by atoms with E-state index in [0.717, 1.165) is 26.9 Å². The first kappa shape index (κ1) is 17.1. The van der Waals surface area contributed by atoms with E-state index in [9.17, 15) is 4.79 Å². The summed E-state index contributed by atoms with van der Waals surface area (Å²) >= 11 is 2.23. The van der Waals surface area contributed by atoms with Crippen molar-refractivity contribution in [1.82, 2.24) is 5.32 Å². The Morgan fingerprint density at radius 1 is 1.29 bits per heavy atom. The average molecular weight is 437 g/mol. The number of aryl methyl sites for hydroxylation is 2. The summed E-state index contributed by atoms with van der Waals surface area (Å²) in [6.45, 7) is 4.72. The van der Waals surface area contributed by atoms with Gasteiger partial charge in [0.1, 0.15) is 11.5 Å². The van der Waals surface area contributed by atoms with Crippen molar-refractivity contribution in [3.05, 3.63) is 56.7 Å². The van der Waals surface area contributed by atoms with Crippen molar-refractivity contribution in [2.45, 2.75) is 26.3 Å². The van der Waals surface area contributed by atoms with Crippen LogP contribution < -0.4 is 14.8 Å². The van der Waals surface area contributed by atoms with Crippen molar-refractivity contribution in [3.8, 4) is 11.5 Å². The molecule has 126 valence electrons. The molecule has 4 nitrogen and oxygen atoms in total.